The van der Waals surface area contributed by atoms with Crippen molar-refractivity contribution < 1.29 is 0 Å². The topological polar surface area (TPSA) is 0 Å². The van der Waals surface area contributed by atoms with Gasteiger partial charge in [-0.2, -0.15) is 0 Å². The van der Waals surface area contributed by atoms with Crippen molar-refractivity contribution in [3.05, 3.63) is 23.3 Å². The van der Waals surface area contributed by atoms with Gasteiger partial charge in [-0.05, 0) is 51.4 Å². The average molecular weight is 311 g/mol. The van der Waals surface area contributed by atoms with E-state index in [0.717, 1.165) is 18.3 Å². The fourth-order valence-corrected chi connectivity index (χ4v) is 2.08. The Labute approximate surface area is 143 Å². The Hall–Kier alpha value is -0.520. The van der Waals surface area contributed by atoms with E-state index in [0.29, 0.717) is 5.92 Å². The molecule has 0 spiro atoms. The van der Waals surface area contributed by atoms with Crippen LogP contribution in [0.15, 0.2) is 23.3 Å². The second-order valence-corrected chi connectivity index (χ2v) is 7.38. The summed E-state index contributed by atoms with van der Waals surface area (Å²) in [7, 11) is 0. The van der Waals surface area contributed by atoms with Crippen molar-refractivity contribution in [3.63, 3.8) is 0 Å². The Kier molecular flexibility index (Phi) is 22.2. The van der Waals surface area contributed by atoms with Crippen molar-refractivity contribution in [2.45, 2.75) is 102 Å². The molecular weight excluding hydrogens is 264 g/mol. The first-order chi connectivity index (χ1) is 10.1. The summed E-state index contributed by atoms with van der Waals surface area (Å²) in [5.41, 5.74) is 3.15. The van der Waals surface area contributed by atoms with E-state index in [1.54, 1.807) is 11.1 Å². The molecule has 0 N–H and O–H groups in total. The maximum absolute atomic E-state index is 2.27. The third-order valence-electron chi connectivity index (χ3n) is 3.59. The molecule has 0 radical (unpaired) electrons. The molecule has 0 aromatic rings. The van der Waals surface area contributed by atoms with Crippen LogP contribution in [-0.2, 0) is 0 Å². The van der Waals surface area contributed by atoms with Gasteiger partial charge < -0.3 is 0 Å². The van der Waals surface area contributed by atoms with Crippen molar-refractivity contribution in [1.29, 1.82) is 0 Å². The van der Waals surface area contributed by atoms with Gasteiger partial charge in [0.25, 0.3) is 0 Å². The molecule has 0 aliphatic heterocycles. The Bertz CT molecular complexity index is 264. The van der Waals surface area contributed by atoms with Gasteiger partial charge in [-0.3, -0.25) is 0 Å². The minimum absolute atomic E-state index is 0.716. The van der Waals surface area contributed by atoms with Gasteiger partial charge in [-0.15, -0.1) is 0 Å². The van der Waals surface area contributed by atoms with Gasteiger partial charge in [0.2, 0.25) is 0 Å². The van der Waals surface area contributed by atoms with Crippen LogP contribution < -0.4 is 0 Å². The fourth-order valence-electron chi connectivity index (χ4n) is 2.08. The van der Waals surface area contributed by atoms with E-state index in [9.17, 15) is 0 Å². The van der Waals surface area contributed by atoms with Crippen molar-refractivity contribution in [2.24, 2.45) is 17.8 Å². The summed E-state index contributed by atoms with van der Waals surface area (Å²) >= 11 is 0. The first-order valence-electron chi connectivity index (χ1n) is 9.41. The highest BCUT2D eigenvalue weighted by Gasteiger charge is 2.03. The lowest BCUT2D eigenvalue weighted by molar-refractivity contribution is 0.576. The van der Waals surface area contributed by atoms with Crippen molar-refractivity contribution >= 4 is 0 Å². The number of hydrogen-bond acceptors (Lipinski definition) is 0. The Morgan fingerprint density at radius 2 is 1.36 bits per heavy atom. The van der Waals surface area contributed by atoms with E-state index >= 15 is 0 Å². The highest BCUT2D eigenvalue weighted by Crippen LogP contribution is 2.19. The first kappa shape index (κ1) is 26.4. The predicted molar refractivity (Wildman–Crippen MR) is 108 cm³/mol. The summed E-state index contributed by atoms with van der Waals surface area (Å²) in [6, 6.07) is 0. The molecule has 0 fully saturated rings. The molecule has 0 aliphatic rings. The molecule has 0 saturated carbocycles. The third kappa shape index (κ3) is 24.5. The average Bonchev–Trinajstić information content (AvgIpc) is 2.39. The van der Waals surface area contributed by atoms with Crippen molar-refractivity contribution in [2.75, 3.05) is 0 Å². The largest absolute Gasteiger partial charge is 0.0917 e. The highest BCUT2D eigenvalue weighted by molar-refractivity contribution is 5.11. The van der Waals surface area contributed by atoms with E-state index in [2.05, 4.69) is 81.4 Å². The summed E-state index contributed by atoms with van der Waals surface area (Å²) in [4.78, 5) is 0. The van der Waals surface area contributed by atoms with Gasteiger partial charge in [0.15, 0.2) is 0 Å². The molecule has 0 heterocycles. The smallest absolute Gasteiger partial charge is 0.0260 e. The third-order valence-corrected chi connectivity index (χ3v) is 3.59. The van der Waals surface area contributed by atoms with E-state index in [4.69, 9.17) is 0 Å². The maximum Gasteiger partial charge on any atom is -0.0260 e. The first-order valence-corrected chi connectivity index (χ1v) is 9.41. The molecule has 0 aliphatic carbocycles. The van der Waals surface area contributed by atoms with Gasteiger partial charge in [-0.1, -0.05) is 91.5 Å². The van der Waals surface area contributed by atoms with Crippen LogP contribution in [0.3, 0.4) is 0 Å². The number of rotatable bonds is 6. The fraction of sp³-hybridized carbons (Fsp3) is 0.818. The molecule has 0 nitrogen and oxygen atoms in total. The normalized spacial score (nSPS) is 12.1. The van der Waals surface area contributed by atoms with Gasteiger partial charge in [-0.25, -0.2) is 0 Å². The number of allylic oxidation sites excluding steroid dienone is 4. The van der Waals surface area contributed by atoms with Gasteiger partial charge in [0.1, 0.15) is 0 Å². The molecule has 0 heteroatoms. The molecule has 0 bridgehead atoms. The number of hydrogen-bond donors (Lipinski definition) is 0. The minimum Gasteiger partial charge on any atom is -0.0917 e. The van der Waals surface area contributed by atoms with Crippen LogP contribution in [0.2, 0.25) is 0 Å². The minimum atomic E-state index is 0.716. The Morgan fingerprint density at radius 3 is 1.50 bits per heavy atom. The van der Waals surface area contributed by atoms with E-state index in [-0.39, 0.29) is 0 Å². The summed E-state index contributed by atoms with van der Waals surface area (Å²) in [5, 5.41) is 0. The standard InChI is InChI=1S/C11H22.C6H14.C5H10/c1-8(2)7-10(5)11(6)9(3)4;1-4-5-6(2)3;1-3-5-4-2/h8-9H,7H2,1-6H3;6H,4-5H2,1-3H3;3,5H,4H2,1-2H3/b11-10+;;5-3-. The quantitative estimate of drug-likeness (QED) is 0.432. The predicted octanol–water partition coefficient (Wildman–Crippen LogP) is 8.44. The molecular formula is C22H46. The Balaban J connectivity index is -0.000000277. The lowest BCUT2D eigenvalue weighted by Gasteiger charge is -2.12. The molecule has 134 valence electrons. The zero-order valence-electron chi connectivity index (χ0n) is 17.7. The van der Waals surface area contributed by atoms with Gasteiger partial charge in [0.05, 0.1) is 0 Å². The zero-order chi connectivity index (χ0) is 18.1. The molecule has 22 heavy (non-hydrogen) atoms. The monoisotopic (exact) mass is 310 g/mol. The second-order valence-electron chi connectivity index (χ2n) is 7.38. The Morgan fingerprint density at radius 1 is 0.864 bits per heavy atom. The van der Waals surface area contributed by atoms with Gasteiger partial charge >= 0.3 is 0 Å². The summed E-state index contributed by atoms with van der Waals surface area (Å²) in [6.07, 6.45) is 9.30. The molecule has 0 amide bonds. The van der Waals surface area contributed by atoms with E-state index in [1.165, 1.54) is 19.3 Å². The summed E-state index contributed by atoms with van der Waals surface area (Å²) in [6.45, 7) is 24.5. The highest BCUT2D eigenvalue weighted by atomic mass is 14.1. The van der Waals surface area contributed by atoms with Crippen LogP contribution in [0.5, 0.6) is 0 Å². The van der Waals surface area contributed by atoms with Crippen LogP contribution >= 0.6 is 0 Å². The van der Waals surface area contributed by atoms with E-state index in [1.807, 2.05) is 6.92 Å². The molecule has 0 aromatic heterocycles. The molecule has 0 unspecified atom stereocenters. The van der Waals surface area contributed by atoms with Crippen molar-refractivity contribution in [1.82, 2.24) is 0 Å². The van der Waals surface area contributed by atoms with Crippen LogP contribution in [0.4, 0.5) is 0 Å². The SMILES string of the molecule is C/C(CC(C)C)=C(/C)C(C)C.C/C=C\CC.CCCC(C)C. The van der Waals surface area contributed by atoms with E-state index < -0.39 is 0 Å². The lowest BCUT2D eigenvalue weighted by Crippen LogP contribution is -1.96. The molecule has 0 rings (SSSR count). The zero-order valence-corrected chi connectivity index (χ0v) is 17.7. The summed E-state index contributed by atoms with van der Waals surface area (Å²) < 4.78 is 0. The van der Waals surface area contributed by atoms with Crippen LogP contribution in [0.25, 0.3) is 0 Å². The second kappa shape index (κ2) is 18.5. The summed E-state index contributed by atoms with van der Waals surface area (Å²) in [5.74, 6) is 2.41. The molecule has 0 atom stereocenters. The maximum atomic E-state index is 2.27. The van der Waals surface area contributed by atoms with Crippen LogP contribution in [0, 0.1) is 17.8 Å². The molecule has 0 saturated heterocycles. The molecule has 0 aromatic carbocycles. The lowest BCUT2D eigenvalue weighted by atomic mass is 9.94. The van der Waals surface area contributed by atoms with Gasteiger partial charge in [0, 0.05) is 0 Å². The van der Waals surface area contributed by atoms with Crippen LogP contribution in [-0.4, -0.2) is 0 Å². The van der Waals surface area contributed by atoms with Crippen molar-refractivity contribution in [3.8, 4) is 0 Å². The van der Waals surface area contributed by atoms with Crippen LogP contribution in [0.1, 0.15) is 102 Å².